The number of nitrogens with one attached hydrogen (secondary N) is 3. The van der Waals surface area contributed by atoms with E-state index in [4.69, 9.17) is 5.11 Å². The van der Waals surface area contributed by atoms with Gasteiger partial charge in [0.2, 0.25) is 0 Å². The molecule has 1 unspecified atom stereocenters. The van der Waals surface area contributed by atoms with E-state index in [-0.39, 0.29) is 5.92 Å². The molecule has 0 aliphatic carbocycles. The quantitative estimate of drug-likeness (QED) is 0.616. The zero-order valence-corrected chi connectivity index (χ0v) is 9.73. The number of anilines is 1. The lowest BCUT2D eigenvalue weighted by molar-refractivity contribution is -0.139. The third-order valence-corrected chi connectivity index (χ3v) is 2.07. The summed E-state index contributed by atoms with van der Waals surface area (Å²) in [6, 6.07) is -1.44. The van der Waals surface area contributed by atoms with Gasteiger partial charge in [-0.15, -0.1) is 0 Å². The Morgan fingerprint density at radius 3 is 2.71 bits per heavy atom. The van der Waals surface area contributed by atoms with E-state index in [0.29, 0.717) is 12.1 Å². The number of aliphatic carboxylic acids is 1. The highest BCUT2D eigenvalue weighted by molar-refractivity contribution is 5.91. The molecule has 1 aromatic heterocycles. The topological polar surface area (TPSA) is 107 Å². The number of hydrogen-bond donors (Lipinski definition) is 4. The first-order valence-corrected chi connectivity index (χ1v) is 5.28. The van der Waals surface area contributed by atoms with Crippen LogP contribution in [0.5, 0.6) is 0 Å². The molecule has 0 aromatic carbocycles. The maximum absolute atomic E-state index is 11.5. The number of H-pyrrole nitrogens is 1. The summed E-state index contributed by atoms with van der Waals surface area (Å²) in [5.41, 5.74) is 0.483. The number of carboxylic acids is 1. The maximum atomic E-state index is 11.5. The van der Waals surface area contributed by atoms with E-state index < -0.39 is 18.0 Å². The molecule has 2 amide bonds. The zero-order chi connectivity index (χ0) is 12.8. The Labute approximate surface area is 98.6 Å². The Morgan fingerprint density at radius 2 is 2.24 bits per heavy atom. The van der Waals surface area contributed by atoms with Gasteiger partial charge in [-0.1, -0.05) is 13.8 Å². The van der Waals surface area contributed by atoms with E-state index in [1.807, 2.05) is 13.8 Å². The number of carboxylic acid groups (broad SMARTS) is 1. The van der Waals surface area contributed by atoms with E-state index in [9.17, 15) is 9.59 Å². The maximum Gasteiger partial charge on any atom is 0.326 e. The molecule has 1 aromatic rings. The molecule has 7 heteroatoms. The highest BCUT2D eigenvalue weighted by atomic mass is 16.4. The summed E-state index contributed by atoms with van der Waals surface area (Å²) in [4.78, 5) is 22.4. The molecule has 0 radical (unpaired) electrons. The molecule has 4 N–H and O–H groups in total. The van der Waals surface area contributed by atoms with Crippen LogP contribution in [0.3, 0.4) is 0 Å². The van der Waals surface area contributed by atoms with Crippen LogP contribution < -0.4 is 10.6 Å². The van der Waals surface area contributed by atoms with Gasteiger partial charge < -0.3 is 15.7 Å². The van der Waals surface area contributed by atoms with Crippen LogP contribution in [0.1, 0.15) is 20.3 Å². The smallest absolute Gasteiger partial charge is 0.326 e. The van der Waals surface area contributed by atoms with Crippen molar-refractivity contribution in [2.24, 2.45) is 5.92 Å². The molecule has 0 aliphatic heterocycles. The number of rotatable bonds is 5. The second-order valence-electron chi connectivity index (χ2n) is 4.11. The van der Waals surface area contributed by atoms with Crippen molar-refractivity contribution in [3.63, 3.8) is 0 Å². The Hall–Kier alpha value is -2.05. The lowest BCUT2D eigenvalue weighted by atomic mass is 10.0. The standard InChI is InChI=1S/C10H16N4O3/c1-6(2)3-8(9(15)16)14-10(17)13-7-4-11-12-5-7/h4-6,8H,3H2,1-2H3,(H,11,12)(H,15,16)(H2,13,14,17). The zero-order valence-electron chi connectivity index (χ0n) is 9.73. The highest BCUT2D eigenvalue weighted by Gasteiger charge is 2.20. The van der Waals surface area contributed by atoms with E-state index in [1.54, 1.807) is 0 Å². The van der Waals surface area contributed by atoms with Crippen LogP contribution in [0.2, 0.25) is 0 Å². The van der Waals surface area contributed by atoms with Gasteiger partial charge in [-0.05, 0) is 12.3 Å². The lowest BCUT2D eigenvalue weighted by Crippen LogP contribution is -2.43. The fourth-order valence-corrected chi connectivity index (χ4v) is 1.34. The molecule has 1 heterocycles. The van der Waals surface area contributed by atoms with E-state index >= 15 is 0 Å². The second kappa shape index (κ2) is 5.88. The first-order valence-electron chi connectivity index (χ1n) is 5.28. The minimum Gasteiger partial charge on any atom is -0.480 e. The number of aromatic amines is 1. The molecule has 0 aliphatic rings. The van der Waals surface area contributed by atoms with E-state index in [1.165, 1.54) is 12.4 Å². The van der Waals surface area contributed by atoms with Crippen molar-refractivity contribution in [2.75, 3.05) is 5.32 Å². The summed E-state index contributed by atoms with van der Waals surface area (Å²) < 4.78 is 0. The van der Waals surface area contributed by atoms with Gasteiger partial charge in [0.15, 0.2) is 0 Å². The van der Waals surface area contributed by atoms with Gasteiger partial charge in [0.05, 0.1) is 11.9 Å². The largest absolute Gasteiger partial charge is 0.480 e. The average Bonchev–Trinajstić information content (AvgIpc) is 2.68. The lowest BCUT2D eigenvalue weighted by Gasteiger charge is -2.16. The number of urea groups is 1. The monoisotopic (exact) mass is 240 g/mol. The second-order valence-corrected chi connectivity index (χ2v) is 4.11. The van der Waals surface area contributed by atoms with Crippen LogP contribution >= 0.6 is 0 Å². The number of hydrogen-bond acceptors (Lipinski definition) is 3. The normalized spacial score (nSPS) is 12.2. The minimum absolute atomic E-state index is 0.185. The molecule has 94 valence electrons. The van der Waals surface area contributed by atoms with Crippen molar-refractivity contribution in [2.45, 2.75) is 26.3 Å². The molecular formula is C10H16N4O3. The third kappa shape index (κ3) is 4.54. The van der Waals surface area contributed by atoms with Gasteiger partial charge in [0.25, 0.3) is 0 Å². The molecule has 0 spiro atoms. The van der Waals surface area contributed by atoms with Crippen LogP contribution in [0.4, 0.5) is 10.5 Å². The SMILES string of the molecule is CC(C)CC(NC(=O)Nc1cn[nH]c1)C(=O)O. The fourth-order valence-electron chi connectivity index (χ4n) is 1.34. The molecular weight excluding hydrogens is 224 g/mol. The predicted molar refractivity (Wildman–Crippen MR) is 61.6 cm³/mol. The van der Waals surface area contributed by atoms with Crippen molar-refractivity contribution < 1.29 is 14.7 Å². The van der Waals surface area contributed by atoms with Crippen molar-refractivity contribution >= 4 is 17.7 Å². The first-order chi connectivity index (χ1) is 7.99. The van der Waals surface area contributed by atoms with Crippen molar-refractivity contribution in [3.05, 3.63) is 12.4 Å². The molecule has 0 saturated carbocycles. The van der Waals surface area contributed by atoms with Crippen LogP contribution in [-0.4, -0.2) is 33.3 Å². The highest BCUT2D eigenvalue weighted by Crippen LogP contribution is 2.06. The average molecular weight is 240 g/mol. The van der Waals surface area contributed by atoms with Crippen LogP contribution in [-0.2, 0) is 4.79 Å². The summed E-state index contributed by atoms with van der Waals surface area (Å²) in [6.07, 6.45) is 3.31. The molecule has 0 fully saturated rings. The van der Waals surface area contributed by atoms with Gasteiger partial charge in [0, 0.05) is 6.20 Å². The van der Waals surface area contributed by atoms with Gasteiger partial charge >= 0.3 is 12.0 Å². The van der Waals surface area contributed by atoms with Crippen LogP contribution in [0, 0.1) is 5.92 Å². The molecule has 1 rings (SSSR count). The van der Waals surface area contributed by atoms with Crippen molar-refractivity contribution in [1.29, 1.82) is 0 Å². The van der Waals surface area contributed by atoms with Gasteiger partial charge in [-0.2, -0.15) is 5.10 Å². The number of carbonyl (C=O) groups is 2. The molecule has 17 heavy (non-hydrogen) atoms. The Bertz CT molecular complexity index is 375. The Morgan fingerprint density at radius 1 is 1.53 bits per heavy atom. The van der Waals surface area contributed by atoms with Crippen LogP contribution in [0.15, 0.2) is 12.4 Å². The summed E-state index contributed by atoms with van der Waals surface area (Å²) in [6.45, 7) is 3.79. The Balaban J connectivity index is 2.49. The van der Waals surface area contributed by atoms with Crippen molar-refractivity contribution in [3.8, 4) is 0 Å². The molecule has 0 saturated heterocycles. The van der Waals surface area contributed by atoms with Gasteiger partial charge in [0.1, 0.15) is 6.04 Å². The summed E-state index contributed by atoms with van der Waals surface area (Å²) in [5, 5.41) is 20.0. The number of carbonyl (C=O) groups excluding carboxylic acids is 1. The van der Waals surface area contributed by atoms with Crippen LogP contribution in [0.25, 0.3) is 0 Å². The first kappa shape index (κ1) is 13.0. The van der Waals surface area contributed by atoms with E-state index in [2.05, 4.69) is 20.8 Å². The fraction of sp³-hybridized carbons (Fsp3) is 0.500. The molecule has 0 bridgehead atoms. The van der Waals surface area contributed by atoms with Gasteiger partial charge in [-0.3, -0.25) is 5.10 Å². The molecule has 1 atom stereocenters. The number of aromatic nitrogens is 2. The minimum atomic E-state index is -1.04. The molecule has 7 nitrogen and oxygen atoms in total. The number of nitrogens with zero attached hydrogens (tertiary/aromatic N) is 1. The van der Waals surface area contributed by atoms with Gasteiger partial charge in [-0.25, -0.2) is 9.59 Å². The van der Waals surface area contributed by atoms with Crippen molar-refractivity contribution in [1.82, 2.24) is 15.5 Å². The third-order valence-electron chi connectivity index (χ3n) is 2.07. The number of amides is 2. The van der Waals surface area contributed by atoms with E-state index in [0.717, 1.165) is 0 Å². The Kier molecular flexibility index (Phi) is 4.50. The predicted octanol–water partition coefficient (Wildman–Crippen LogP) is 1.03. The summed E-state index contributed by atoms with van der Waals surface area (Å²) in [7, 11) is 0. The summed E-state index contributed by atoms with van der Waals surface area (Å²) in [5.74, 6) is -0.855. The summed E-state index contributed by atoms with van der Waals surface area (Å²) >= 11 is 0.